The fourth-order valence-electron chi connectivity index (χ4n) is 1.83. The van der Waals surface area contributed by atoms with Crippen molar-refractivity contribution < 1.29 is 5.11 Å². The van der Waals surface area contributed by atoms with Gasteiger partial charge in [0.2, 0.25) is 0 Å². The standard InChI is InChI=1S/C10H13NO/c11-6-9-4-7-2-1-3-8(7)5-10(9)12/h4-5,12H,1-3,6,11H2. The summed E-state index contributed by atoms with van der Waals surface area (Å²) in [6, 6.07) is 3.90. The monoisotopic (exact) mass is 163 g/mol. The Hall–Kier alpha value is -1.02. The molecule has 0 saturated heterocycles. The van der Waals surface area contributed by atoms with Crippen molar-refractivity contribution in [1.29, 1.82) is 0 Å². The van der Waals surface area contributed by atoms with E-state index in [1.165, 1.54) is 17.5 Å². The van der Waals surface area contributed by atoms with Gasteiger partial charge in [-0.1, -0.05) is 6.07 Å². The Labute approximate surface area is 72.0 Å². The van der Waals surface area contributed by atoms with Crippen LogP contribution < -0.4 is 5.73 Å². The van der Waals surface area contributed by atoms with Gasteiger partial charge in [-0.3, -0.25) is 0 Å². The largest absolute Gasteiger partial charge is 0.508 e. The number of fused-ring (bicyclic) bond motifs is 1. The molecule has 1 aromatic carbocycles. The third-order valence-electron chi connectivity index (χ3n) is 2.51. The molecular weight excluding hydrogens is 150 g/mol. The lowest BCUT2D eigenvalue weighted by atomic mass is 10.1. The van der Waals surface area contributed by atoms with Gasteiger partial charge in [-0.25, -0.2) is 0 Å². The average Bonchev–Trinajstić information content (AvgIpc) is 2.49. The summed E-state index contributed by atoms with van der Waals surface area (Å²) in [7, 11) is 0. The molecule has 2 rings (SSSR count). The van der Waals surface area contributed by atoms with Crippen molar-refractivity contribution in [2.24, 2.45) is 5.73 Å². The van der Waals surface area contributed by atoms with Crippen LogP contribution in [0.5, 0.6) is 5.75 Å². The molecule has 0 atom stereocenters. The Morgan fingerprint density at radius 1 is 1.25 bits per heavy atom. The molecule has 0 heterocycles. The second-order valence-electron chi connectivity index (χ2n) is 3.31. The quantitative estimate of drug-likeness (QED) is 0.656. The van der Waals surface area contributed by atoms with Crippen LogP contribution >= 0.6 is 0 Å². The first kappa shape index (κ1) is 7.62. The number of phenolic OH excluding ortho intramolecular Hbond substituents is 1. The summed E-state index contributed by atoms with van der Waals surface area (Å²) < 4.78 is 0. The van der Waals surface area contributed by atoms with Crippen LogP contribution in [0.2, 0.25) is 0 Å². The van der Waals surface area contributed by atoms with Crippen molar-refractivity contribution in [3.05, 3.63) is 28.8 Å². The molecule has 2 heteroatoms. The van der Waals surface area contributed by atoms with Crippen LogP contribution in [0, 0.1) is 0 Å². The normalized spacial score (nSPS) is 14.8. The van der Waals surface area contributed by atoms with Gasteiger partial charge in [-0.2, -0.15) is 0 Å². The minimum atomic E-state index is 0.359. The third kappa shape index (κ3) is 1.08. The van der Waals surface area contributed by atoms with Crippen LogP contribution in [0.3, 0.4) is 0 Å². The Balaban J connectivity index is 2.49. The summed E-state index contributed by atoms with van der Waals surface area (Å²) in [5.74, 6) is 0.359. The molecule has 0 spiro atoms. The van der Waals surface area contributed by atoms with Crippen LogP contribution in [-0.2, 0) is 19.4 Å². The molecule has 3 N–H and O–H groups in total. The number of aryl methyl sites for hydroxylation is 2. The van der Waals surface area contributed by atoms with Crippen molar-refractivity contribution in [3.8, 4) is 5.75 Å². The third-order valence-corrected chi connectivity index (χ3v) is 2.51. The molecule has 12 heavy (non-hydrogen) atoms. The molecule has 0 amide bonds. The molecule has 0 aromatic heterocycles. The van der Waals surface area contributed by atoms with Crippen LogP contribution in [0.15, 0.2) is 12.1 Å². The Bertz CT molecular complexity index is 306. The maximum atomic E-state index is 9.49. The Morgan fingerprint density at radius 3 is 2.58 bits per heavy atom. The van der Waals surface area contributed by atoms with E-state index in [9.17, 15) is 5.11 Å². The molecule has 64 valence electrons. The van der Waals surface area contributed by atoms with Crippen molar-refractivity contribution in [1.82, 2.24) is 0 Å². The van der Waals surface area contributed by atoms with E-state index in [-0.39, 0.29) is 0 Å². The zero-order valence-electron chi connectivity index (χ0n) is 7.01. The van der Waals surface area contributed by atoms with Gasteiger partial charge in [0.15, 0.2) is 0 Å². The molecule has 1 aliphatic rings. The maximum absolute atomic E-state index is 9.49. The second kappa shape index (κ2) is 2.79. The van der Waals surface area contributed by atoms with Crippen LogP contribution in [-0.4, -0.2) is 5.11 Å². The minimum Gasteiger partial charge on any atom is -0.508 e. The van der Waals surface area contributed by atoms with Gasteiger partial charge >= 0.3 is 0 Å². The highest BCUT2D eigenvalue weighted by molar-refractivity contribution is 5.43. The van der Waals surface area contributed by atoms with E-state index >= 15 is 0 Å². The molecule has 0 fully saturated rings. The predicted molar refractivity (Wildman–Crippen MR) is 48.0 cm³/mol. The predicted octanol–water partition coefficient (Wildman–Crippen LogP) is 1.34. The Morgan fingerprint density at radius 2 is 1.92 bits per heavy atom. The van der Waals surface area contributed by atoms with Gasteiger partial charge < -0.3 is 10.8 Å². The molecule has 0 aliphatic heterocycles. The van der Waals surface area contributed by atoms with Gasteiger partial charge in [0, 0.05) is 12.1 Å². The number of rotatable bonds is 1. The highest BCUT2D eigenvalue weighted by atomic mass is 16.3. The van der Waals surface area contributed by atoms with E-state index in [1.807, 2.05) is 12.1 Å². The topological polar surface area (TPSA) is 46.2 Å². The van der Waals surface area contributed by atoms with Crippen molar-refractivity contribution >= 4 is 0 Å². The fraction of sp³-hybridized carbons (Fsp3) is 0.400. The number of hydrogen-bond acceptors (Lipinski definition) is 2. The van der Waals surface area contributed by atoms with E-state index < -0.39 is 0 Å². The van der Waals surface area contributed by atoms with Crippen LogP contribution in [0.1, 0.15) is 23.1 Å². The molecule has 1 aromatic rings. The summed E-state index contributed by atoms with van der Waals surface area (Å²) in [4.78, 5) is 0. The summed E-state index contributed by atoms with van der Waals surface area (Å²) in [6.07, 6.45) is 3.46. The molecule has 0 unspecified atom stereocenters. The summed E-state index contributed by atoms with van der Waals surface area (Å²) in [5, 5.41) is 9.49. The Kier molecular flexibility index (Phi) is 1.77. The van der Waals surface area contributed by atoms with E-state index in [0.717, 1.165) is 18.4 Å². The average molecular weight is 163 g/mol. The first-order chi connectivity index (χ1) is 5.81. The minimum absolute atomic E-state index is 0.359. The zero-order chi connectivity index (χ0) is 8.55. The first-order valence-electron chi connectivity index (χ1n) is 4.35. The van der Waals surface area contributed by atoms with Gasteiger partial charge in [0.05, 0.1) is 0 Å². The highest BCUT2D eigenvalue weighted by Gasteiger charge is 2.13. The zero-order valence-corrected chi connectivity index (χ0v) is 7.01. The molecule has 0 saturated carbocycles. The van der Waals surface area contributed by atoms with Crippen molar-refractivity contribution in [2.45, 2.75) is 25.8 Å². The lowest BCUT2D eigenvalue weighted by Gasteiger charge is -2.05. The first-order valence-corrected chi connectivity index (χ1v) is 4.35. The highest BCUT2D eigenvalue weighted by Crippen LogP contribution is 2.28. The van der Waals surface area contributed by atoms with Gasteiger partial charge in [0.1, 0.15) is 5.75 Å². The van der Waals surface area contributed by atoms with Crippen LogP contribution in [0.4, 0.5) is 0 Å². The number of phenols is 1. The SMILES string of the molecule is NCc1cc2c(cc1O)CCC2. The number of nitrogens with two attached hydrogens (primary N) is 1. The van der Waals surface area contributed by atoms with Crippen molar-refractivity contribution in [3.63, 3.8) is 0 Å². The number of hydrogen-bond donors (Lipinski definition) is 2. The van der Waals surface area contributed by atoms with Gasteiger partial charge in [-0.15, -0.1) is 0 Å². The summed E-state index contributed by atoms with van der Waals surface area (Å²) in [6.45, 7) is 0.430. The summed E-state index contributed by atoms with van der Waals surface area (Å²) >= 11 is 0. The second-order valence-corrected chi connectivity index (χ2v) is 3.31. The fourth-order valence-corrected chi connectivity index (χ4v) is 1.83. The van der Waals surface area contributed by atoms with E-state index in [1.54, 1.807) is 0 Å². The molecule has 1 aliphatic carbocycles. The molecule has 2 nitrogen and oxygen atoms in total. The van der Waals surface area contributed by atoms with Gasteiger partial charge in [-0.05, 0) is 36.5 Å². The molecule has 0 radical (unpaired) electrons. The lowest BCUT2D eigenvalue weighted by Crippen LogP contribution is -1.98. The number of benzene rings is 1. The molecule has 0 bridgehead atoms. The lowest BCUT2D eigenvalue weighted by molar-refractivity contribution is 0.467. The number of aromatic hydroxyl groups is 1. The van der Waals surface area contributed by atoms with E-state index in [2.05, 4.69) is 0 Å². The summed E-state index contributed by atoms with van der Waals surface area (Å²) in [5.41, 5.74) is 9.02. The van der Waals surface area contributed by atoms with Gasteiger partial charge in [0.25, 0.3) is 0 Å². The maximum Gasteiger partial charge on any atom is 0.120 e. The van der Waals surface area contributed by atoms with E-state index in [4.69, 9.17) is 5.73 Å². The van der Waals surface area contributed by atoms with Crippen LogP contribution in [0.25, 0.3) is 0 Å². The van der Waals surface area contributed by atoms with E-state index in [0.29, 0.717) is 12.3 Å². The molecular formula is C10H13NO. The van der Waals surface area contributed by atoms with Crippen molar-refractivity contribution in [2.75, 3.05) is 0 Å². The smallest absolute Gasteiger partial charge is 0.120 e.